The number of carboxylic acid groups (broad SMARTS) is 1. The molecule has 1 aliphatic carbocycles. The van der Waals surface area contributed by atoms with Crippen LogP contribution in [0.25, 0.3) is 0 Å². The van der Waals surface area contributed by atoms with E-state index < -0.39 is 12.1 Å². The first-order valence-electron chi connectivity index (χ1n) is 12.1. The molecule has 0 heterocycles. The number of aliphatic carboxylic acids is 1. The predicted molar refractivity (Wildman–Crippen MR) is 132 cm³/mol. The van der Waals surface area contributed by atoms with E-state index in [1.54, 1.807) is 6.92 Å². The molecular formula is C27H36N2O5. The second kappa shape index (κ2) is 13.0. The largest absolute Gasteiger partial charge is 0.492 e. The number of nitrogens with one attached hydrogen (secondary N) is 1. The molecule has 1 atom stereocenters. The molecule has 0 saturated heterocycles. The van der Waals surface area contributed by atoms with E-state index >= 15 is 0 Å². The van der Waals surface area contributed by atoms with Crippen LogP contribution in [0.5, 0.6) is 5.75 Å². The molecule has 2 aromatic rings. The third-order valence-electron chi connectivity index (χ3n) is 6.16. The molecule has 1 fully saturated rings. The smallest absolute Gasteiger partial charge is 0.333 e. The molecule has 1 saturated carbocycles. The minimum Gasteiger partial charge on any atom is -0.492 e. The van der Waals surface area contributed by atoms with Crippen LogP contribution in [0.4, 0.5) is 10.5 Å². The van der Waals surface area contributed by atoms with Gasteiger partial charge in [-0.2, -0.15) is 0 Å². The van der Waals surface area contributed by atoms with Crippen LogP contribution in [0.2, 0.25) is 0 Å². The van der Waals surface area contributed by atoms with E-state index in [-0.39, 0.29) is 6.03 Å². The number of hydrogen-bond donors (Lipinski definition) is 2. The second-order valence-electron chi connectivity index (χ2n) is 8.87. The summed E-state index contributed by atoms with van der Waals surface area (Å²) < 4.78 is 11.2. The van der Waals surface area contributed by atoms with Crippen LogP contribution < -0.4 is 10.1 Å². The molecule has 0 spiro atoms. The summed E-state index contributed by atoms with van der Waals surface area (Å²) >= 11 is 0. The van der Waals surface area contributed by atoms with Crippen LogP contribution >= 0.6 is 0 Å². The number of hydrogen-bond acceptors (Lipinski definition) is 4. The topological polar surface area (TPSA) is 88.1 Å². The molecule has 2 N–H and O–H groups in total. The number of amides is 2. The number of ether oxygens (including phenoxy) is 2. The summed E-state index contributed by atoms with van der Waals surface area (Å²) in [6.07, 6.45) is 4.23. The Balaban J connectivity index is 1.54. The highest BCUT2D eigenvalue weighted by Crippen LogP contribution is 2.26. The Hall–Kier alpha value is -3.06. The van der Waals surface area contributed by atoms with E-state index in [0.29, 0.717) is 37.8 Å². The fraction of sp³-hybridized carbons (Fsp3) is 0.481. The Kier molecular flexibility index (Phi) is 9.76. The monoisotopic (exact) mass is 468 g/mol. The van der Waals surface area contributed by atoms with E-state index in [1.807, 2.05) is 60.4 Å². The molecule has 2 aromatic carbocycles. The Labute approximate surface area is 202 Å². The third-order valence-corrected chi connectivity index (χ3v) is 6.16. The van der Waals surface area contributed by atoms with Crippen LogP contribution in [-0.2, 0) is 16.0 Å². The van der Waals surface area contributed by atoms with Gasteiger partial charge in [-0.15, -0.1) is 0 Å². The van der Waals surface area contributed by atoms with Gasteiger partial charge in [0.25, 0.3) is 0 Å². The fourth-order valence-corrected chi connectivity index (χ4v) is 4.25. The van der Waals surface area contributed by atoms with Crippen molar-refractivity contribution in [3.63, 3.8) is 0 Å². The number of aryl methyl sites for hydroxylation is 1. The van der Waals surface area contributed by atoms with Crippen molar-refractivity contribution in [2.45, 2.75) is 52.1 Å². The van der Waals surface area contributed by atoms with Gasteiger partial charge in [0, 0.05) is 25.3 Å². The average molecular weight is 469 g/mol. The normalized spacial score (nSPS) is 14.5. The van der Waals surface area contributed by atoms with Gasteiger partial charge in [-0.05, 0) is 62.4 Å². The first-order valence-corrected chi connectivity index (χ1v) is 12.1. The first-order chi connectivity index (χ1) is 16.4. The molecule has 1 aliphatic rings. The van der Waals surface area contributed by atoms with Gasteiger partial charge in [-0.1, -0.05) is 42.7 Å². The lowest BCUT2D eigenvalue weighted by Crippen LogP contribution is -2.40. The van der Waals surface area contributed by atoms with Crippen LogP contribution in [0.3, 0.4) is 0 Å². The number of carbonyl (C=O) groups excluding carboxylic acids is 1. The number of nitrogens with zero attached hydrogens (tertiary/aromatic N) is 1. The molecule has 0 aromatic heterocycles. The zero-order valence-electron chi connectivity index (χ0n) is 20.2. The lowest BCUT2D eigenvalue weighted by atomic mass is 10.1. The van der Waals surface area contributed by atoms with Crippen molar-refractivity contribution >= 4 is 17.7 Å². The van der Waals surface area contributed by atoms with Gasteiger partial charge in [0.05, 0.1) is 6.54 Å². The Morgan fingerprint density at radius 1 is 1.09 bits per heavy atom. The van der Waals surface area contributed by atoms with Gasteiger partial charge in [0.1, 0.15) is 12.4 Å². The molecule has 1 unspecified atom stereocenters. The second-order valence-corrected chi connectivity index (χ2v) is 8.87. The quantitative estimate of drug-likeness (QED) is 0.451. The lowest BCUT2D eigenvalue weighted by molar-refractivity contribution is -0.149. The molecule has 34 heavy (non-hydrogen) atoms. The highest BCUT2D eigenvalue weighted by Gasteiger charge is 2.22. The van der Waals surface area contributed by atoms with Gasteiger partial charge in [0.15, 0.2) is 6.10 Å². The summed E-state index contributed by atoms with van der Waals surface area (Å²) in [5, 5.41) is 12.3. The van der Waals surface area contributed by atoms with Crippen LogP contribution in [-0.4, -0.2) is 54.4 Å². The van der Waals surface area contributed by atoms with Crippen LogP contribution in [0, 0.1) is 12.8 Å². The summed E-state index contributed by atoms with van der Waals surface area (Å²) in [6.45, 7) is 5.75. The maximum Gasteiger partial charge on any atom is 0.333 e. The van der Waals surface area contributed by atoms with Gasteiger partial charge in [-0.25, -0.2) is 9.59 Å². The summed E-state index contributed by atoms with van der Waals surface area (Å²) in [4.78, 5) is 26.1. The van der Waals surface area contributed by atoms with Crippen molar-refractivity contribution < 1.29 is 24.2 Å². The molecule has 184 valence electrons. The zero-order chi connectivity index (χ0) is 24.3. The number of benzene rings is 2. The van der Waals surface area contributed by atoms with Gasteiger partial charge < -0.3 is 24.8 Å². The number of urea groups is 1. The van der Waals surface area contributed by atoms with Crippen molar-refractivity contribution in [2.24, 2.45) is 5.92 Å². The van der Waals surface area contributed by atoms with Crippen molar-refractivity contribution in [2.75, 3.05) is 31.6 Å². The molecule has 0 bridgehead atoms. The molecule has 2 amide bonds. The van der Waals surface area contributed by atoms with Crippen molar-refractivity contribution in [3.8, 4) is 5.75 Å². The SMILES string of the molecule is CCOC(Cc1ccc(OCCN(CC2CCCC2)C(=O)Nc2ccc(C)cc2)cc1)C(=O)O. The molecular weight excluding hydrogens is 432 g/mol. The summed E-state index contributed by atoms with van der Waals surface area (Å²) in [5.74, 6) is 0.260. The maximum absolute atomic E-state index is 13.0. The third kappa shape index (κ3) is 8.06. The molecule has 7 heteroatoms. The number of carbonyl (C=O) groups is 2. The van der Waals surface area contributed by atoms with Gasteiger partial charge in [0.2, 0.25) is 0 Å². The van der Waals surface area contributed by atoms with E-state index in [1.165, 1.54) is 12.8 Å². The standard InChI is InChI=1S/C27H36N2O5/c1-3-33-25(26(30)31)18-21-10-14-24(15-11-21)34-17-16-29(19-22-6-4-5-7-22)27(32)28-23-12-8-20(2)9-13-23/h8-15,22,25H,3-7,16-19H2,1-2H3,(H,28,32)(H,30,31). The molecule has 7 nitrogen and oxygen atoms in total. The first kappa shape index (κ1) is 25.6. The molecule has 0 radical (unpaired) electrons. The highest BCUT2D eigenvalue weighted by molar-refractivity contribution is 5.89. The summed E-state index contributed by atoms with van der Waals surface area (Å²) in [5.41, 5.74) is 2.81. The molecule has 0 aliphatic heterocycles. The van der Waals surface area contributed by atoms with E-state index in [0.717, 1.165) is 36.2 Å². The van der Waals surface area contributed by atoms with Gasteiger partial charge >= 0.3 is 12.0 Å². The summed E-state index contributed by atoms with van der Waals surface area (Å²) in [7, 11) is 0. The number of rotatable bonds is 12. The highest BCUT2D eigenvalue weighted by atomic mass is 16.5. The zero-order valence-corrected chi connectivity index (χ0v) is 20.2. The predicted octanol–water partition coefficient (Wildman–Crippen LogP) is 5.13. The minimum absolute atomic E-state index is 0.106. The minimum atomic E-state index is -0.964. The lowest BCUT2D eigenvalue weighted by Gasteiger charge is -2.26. The Morgan fingerprint density at radius 3 is 2.38 bits per heavy atom. The van der Waals surface area contributed by atoms with E-state index in [2.05, 4.69) is 5.32 Å². The van der Waals surface area contributed by atoms with Crippen LogP contribution in [0.1, 0.15) is 43.7 Å². The Morgan fingerprint density at radius 2 is 1.76 bits per heavy atom. The number of anilines is 1. The fourth-order valence-electron chi connectivity index (χ4n) is 4.25. The summed E-state index contributed by atoms with van der Waals surface area (Å²) in [6, 6.07) is 15.1. The van der Waals surface area contributed by atoms with Crippen molar-refractivity contribution in [1.82, 2.24) is 4.90 Å². The van der Waals surface area contributed by atoms with E-state index in [4.69, 9.17) is 9.47 Å². The number of carboxylic acids is 1. The van der Waals surface area contributed by atoms with Crippen LogP contribution in [0.15, 0.2) is 48.5 Å². The van der Waals surface area contributed by atoms with Crippen molar-refractivity contribution in [1.29, 1.82) is 0 Å². The average Bonchev–Trinajstić information content (AvgIpc) is 3.34. The van der Waals surface area contributed by atoms with Gasteiger partial charge in [-0.3, -0.25) is 0 Å². The van der Waals surface area contributed by atoms with E-state index in [9.17, 15) is 14.7 Å². The maximum atomic E-state index is 13.0. The Bertz CT molecular complexity index is 908. The molecule has 3 rings (SSSR count). The van der Waals surface area contributed by atoms with Crippen molar-refractivity contribution in [3.05, 3.63) is 59.7 Å².